The summed E-state index contributed by atoms with van der Waals surface area (Å²) in [5, 5.41) is 1.21. The first-order chi connectivity index (χ1) is 9.22. The van der Waals surface area contributed by atoms with Crippen molar-refractivity contribution in [1.29, 1.82) is 0 Å². The Kier molecular flexibility index (Phi) is 3.25. The summed E-state index contributed by atoms with van der Waals surface area (Å²) in [6.45, 7) is 4.86. The van der Waals surface area contributed by atoms with Crippen LogP contribution in [-0.2, 0) is 12.8 Å². The molecule has 1 atom stereocenters. The fraction of sp³-hybridized carbons (Fsp3) is 0.438. The second-order valence-corrected chi connectivity index (χ2v) is 5.73. The van der Waals surface area contributed by atoms with E-state index >= 15 is 0 Å². The SMILES string of the molecule is Cc1c2c(nc3cc4c(cc13)OCO4)CCC(C)C2.Cl. The maximum atomic E-state index is 5.48. The smallest absolute Gasteiger partial charge is 0.231 e. The van der Waals surface area contributed by atoms with Gasteiger partial charge in [0.05, 0.1) is 5.52 Å². The number of hydrogen-bond donors (Lipinski definition) is 0. The molecule has 3 nitrogen and oxygen atoms in total. The second kappa shape index (κ2) is 4.81. The van der Waals surface area contributed by atoms with Crippen molar-refractivity contribution in [3.05, 3.63) is 29.0 Å². The molecular weight excluding hydrogens is 274 g/mol. The molecule has 0 saturated heterocycles. The number of fused-ring (bicyclic) bond motifs is 3. The van der Waals surface area contributed by atoms with Gasteiger partial charge in [-0.05, 0) is 49.3 Å². The highest BCUT2D eigenvalue weighted by Gasteiger charge is 2.22. The van der Waals surface area contributed by atoms with Crippen molar-refractivity contribution in [2.45, 2.75) is 33.1 Å². The van der Waals surface area contributed by atoms with E-state index in [-0.39, 0.29) is 12.4 Å². The molecule has 2 aromatic rings. The Hall–Kier alpha value is -1.48. The molecule has 2 heterocycles. The zero-order chi connectivity index (χ0) is 13.0. The van der Waals surface area contributed by atoms with E-state index in [1.165, 1.54) is 28.6 Å². The zero-order valence-electron chi connectivity index (χ0n) is 11.7. The molecule has 1 aromatic heterocycles. The van der Waals surface area contributed by atoms with Crippen LogP contribution in [0.15, 0.2) is 12.1 Å². The average Bonchev–Trinajstić information content (AvgIpc) is 2.85. The van der Waals surface area contributed by atoms with E-state index in [0.29, 0.717) is 6.79 Å². The fourth-order valence-electron chi connectivity index (χ4n) is 3.23. The first-order valence-electron chi connectivity index (χ1n) is 6.94. The van der Waals surface area contributed by atoms with Crippen LogP contribution in [0.1, 0.15) is 30.2 Å². The summed E-state index contributed by atoms with van der Waals surface area (Å²) >= 11 is 0. The molecule has 0 amide bonds. The van der Waals surface area contributed by atoms with Crippen molar-refractivity contribution >= 4 is 23.3 Å². The van der Waals surface area contributed by atoms with Gasteiger partial charge in [0.15, 0.2) is 11.5 Å². The van der Waals surface area contributed by atoms with Crippen LogP contribution in [-0.4, -0.2) is 11.8 Å². The van der Waals surface area contributed by atoms with Gasteiger partial charge < -0.3 is 9.47 Å². The van der Waals surface area contributed by atoms with E-state index in [1.54, 1.807) is 0 Å². The van der Waals surface area contributed by atoms with Gasteiger partial charge in [0.1, 0.15) is 0 Å². The van der Waals surface area contributed by atoms with E-state index in [4.69, 9.17) is 14.5 Å². The van der Waals surface area contributed by atoms with Gasteiger partial charge in [0.25, 0.3) is 0 Å². The minimum atomic E-state index is 0. The van der Waals surface area contributed by atoms with Crippen molar-refractivity contribution in [2.75, 3.05) is 6.79 Å². The molecule has 4 heteroatoms. The highest BCUT2D eigenvalue weighted by atomic mass is 35.5. The summed E-state index contributed by atoms with van der Waals surface area (Å²) in [5.41, 5.74) is 5.13. The molecule has 1 aliphatic heterocycles. The number of aryl methyl sites for hydroxylation is 2. The first-order valence-corrected chi connectivity index (χ1v) is 6.94. The number of rotatable bonds is 0. The van der Waals surface area contributed by atoms with Gasteiger partial charge in [0, 0.05) is 17.1 Å². The normalized spacial score (nSPS) is 19.6. The Morgan fingerprint density at radius 1 is 1.20 bits per heavy atom. The molecule has 2 aliphatic rings. The molecule has 1 aliphatic carbocycles. The number of aromatic nitrogens is 1. The Bertz CT molecular complexity index is 684. The summed E-state index contributed by atoms with van der Waals surface area (Å²) in [4.78, 5) is 4.85. The lowest BCUT2D eigenvalue weighted by Gasteiger charge is -2.23. The van der Waals surface area contributed by atoms with Gasteiger partial charge in [-0.2, -0.15) is 0 Å². The van der Waals surface area contributed by atoms with Gasteiger partial charge in [-0.15, -0.1) is 12.4 Å². The second-order valence-electron chi connectivity index (χ2n) is 5.73. The number of nitrogens with zero attached hydrogens (tertiary/aromatic N) is 1. The van der Waals surface area contributed by atoms with Gasteiger partial charge in [-0.3, -0.25) is 4.98 Å². The van der Waals surface area contributed by atoms with E-state index in [2.05, 4.69) is 19.9 Å². The highest BCUT2D eigenvalue weighted by Crippen LogP contribution is 2.39. The summed E-state index contributed by atoms with van der Waals surface area (Å²) in [7, 11) is 0. The largest absolute Gasteiger partial charge is 0.454 e. The Morgan fingerprint density at radius 3 is 2.75 bits per heavy atom. The third-order valence-electron chi connectivity index (χ3n) is 4.38. The van der Waals surface area contributed by atoms with Crippen molar-refractivity contribution in [1.82, 2.24) is 4.98 Å². The number of ether oxygens (including phenoxy) is 2. The predicted octanol–water partition coefficient (Wildman–Crippen LogP) is 3.82. The molecule has 0 saturated carbocycles. The van der Waals surface area contributed by atoms with E-state index in [9.17, 15) is 0 Å². The Balaban J connectivity index is 0.00000121. The van der Waals surface area contributed by atoms with Gasteiger partial charge in [0.2, 0.25) is 6.79 Å². The third-order valence-corrected chi connectivity index (χ3v) is 4.38. The number of benzene rings is 1. The van der Waals surface area contributed by atoms with Crippen LogP contribution < -0.4 is 9.47 Å². The maximum absolute atomic E-state index is 5.48. The van der Waals surface area contributed by atoms with E-state index in [1.807, 2.05) is 6.07 Å². The highest BCUT2D eigenvalue weighted by molar-refractivity contribution is 5.87. The lowest BCUT2D eigenvalue weighted by molar-refractivity contribution is 0.174. The molecule has 20 heavy (non-hydrogen) atoms. The quantitative estimate of drug-likeness (QED) is 0.739. The first kappa shape index (κ1) is 13.5. The number of hydrogen-bond acceptors (Lipinski definition) is 3. The van der Waals surface area contributed by atoms with E-state index in [0.717, 1.165) is 35.8 Å². The lowest BCUT2D eigenvalue weighted by atomic mass is 9.84. The summed E-state index contributed by atoms with van der Waals surface area (Å²) in [6, 6.07) is 4.10. The van der Waals surface area contributed by atoms with Crippen LogP contribution in [0.5, 0.6) is 11.5 Å². The molecule has 4 rings (SSSR count). The molecule has 106 valence electrons. The van der Waals surface area contributed by atoms with Crippen LogP contribution in [0.25, 0.3) is 10.9 Å². The molecule has 0 bridgehead atoms. The van der Waals surface area contributed by atoms with Crippen molar-refractivity contribution in [2.24, 2.45) is 5.92 Å². The van der Waals surface area contributed by atoms with Gasteiger partial charge >= 0.3 is 0 Å². The molecule has 0 spiro atoms. The summed E-state index contributed by atoms with van der Waals surface area (Å²) < 4.78 is 10.9. The van der Waals surface area contributed by atoms with Crippen molar-refractivity contribution in [3.8, 4) is 11.5 Å². The van der Waals surface area contributed by atoms with Crippen molar-refractivity contribution in [3.63, 3.8) is 0 Å². The molecular formula is C16H18ClNO2. The van der Waals surface area contributed by atoms with Gasteiger partial charge in [-0.1, -0.05) is 6.92 Å². The molecule has 0 fully saturated rings. The van der Waals surface area contributed by atoms with Crippen LogP contribution in [0, 0.1) is 12.8 Å². The monoisotopic (exact) mass is 291 g/mol. The number of halogens is 1. The van der Waals surface area contributed by atoms with Crippen LogP contribution in [0.3, 0.4) is 0 Å². The molecule has 1 unspecified atom stereocenters. The lowest BCUT2D eigenvalue weighted by Crippen LogP contribution is -2.14. The Labute approximate surface area is 124 Å². The Morgan fingerprint density at radius 2 is 1.95 bits per heavy atom. The summed E-state index contributed by atoms with van der Waals surface area (Å²) in [6.07, 6.45) is 3.50. The zero-order valence-corrected chi connectivity index (χ0v) is 12.5. The molecule has 0 N–H and O–H groups in total. The van der Waals surface area contributed by atoms with Crippen LogP contribution in [0.2, 0.25) is 0 Å². The fourth-order valence-corrected chi connectivity index (χ4v) is 3.23. The minimum absolute atomic E-state index is 0. The van der Waals surface area contributed by atoms with Crippen LogP contribution >= 0.6 is 12.4 Å². The van der Waals surface area contributed by atoms with Crippen LogP contribution in [0.4, 0.5) is 0 Å². The predicted molar refractivity (Wildman–Crippen MR) is 81.0 cm³/mol. The average molecular weight is 292 g/mol. The summed E-state index contributed by atoms with van der Waals surface area (Å²) in [5.74, 6) is 2.43. The molecule has 1 aromatic carbocycles. The van der Waals surface area contributed by atoms with Gasteiger partial charge in [-0.25, -0.2) is 0 Å². The maximum Gasteiger partial charge on any atom is 0.231 e. The molecule has 0 radical (unpaired) electrons. The van der Waals surface area contributed by atoms with Crippen molar-refractivity contribution < 1.29 is 9.47 Å². The minimum Gasteiger partial charge on any atom is -0.454 e. The standard InChI is InChI=1S/C16H17NO2.ClH/c1-9-3-4-13-11(5-9)10(2)12-6-15-16(19-8-18-15)7-14(12)17-13;/h6-7,9H,3-5,8H2,1-2H3;1H. The number of pyridine rings is 1. The third kappa shape index (κ3) is 1.92. The van der Waals surface area contributed by atoms with E-state index < -0.39 is 0 Å². The topological polar surface area (TPSA) is 31.4 Å².